The lowest BCUT2D eigenvalue weighted by Crippen LogP contribution is -2.39. The van der Waals surface area contributed by atoms with Crippen LogP contribution in [0.15, 0.2) is 77.9 Å². The van der Waals surface area contributed by atoms with Gasteiger partial charge in [-0.1, -0.05) is 24.3 Å². The van der Waals surface area contributed by atoms with Crippen molar-refractivity contribution in [2.45, 2.75) is 31.9 Å². The van der Waals surface area contributed by atoms with E-state index in [0.717, 1.165) is 16.8 Å². The molecule has 174 valence electrons. The number of halogens is 2. The van der Waals surface area contributed by atoms with E-state index in [2.05, 4.69) is 15.3 Å². The molecule has 0 bridgehead atoms. The zero-order chi connectivity index (χ0) is 24.1. The molecule has 34 heavy (non-hydrogen) atoms. The summed E-state index contributed by atoms with van der Waals surface area (Å²) in [5, 5.41) is 12.9. The quantitative estimate of drug-likeness (QED) is 0.524. The molecule has 3 aromatic rings. The lowest BCUT2D eigenvalue weighted by Gasteiger charge is -2.21. The number of nitrogens with zero attached hydrogens (tertiary/aromatic N) is 2. The molecule has 0 aliphatic carbocycles. The van der Waals surface area contributed by atoms with Gasteiger partial charge in [0.2, 0.25) is 0 Å². The van der Waals surface area contributed by atoms with Crippen LogP contribution in [0.4, 0.5) is 8.78 Å². The van der Waals surface area contributed by atoms with E-state index >= 15 is 0 Å². The van der Waals surface area contributed by atoms with Crippen molar-refractivity contribution in [3.8, 4) is 0 Å². The number of aliphatic hydroxyl groups is 1. The molecular weight excluding hydrogens is 436 g/mol. The molecule has 1 aromatic heterocycles. The first kappa shape index (κ1) is 23.4. The molecule has 4 rings (SSSR count). The summed E-state index contributed by atoms with van der Waals surface area (Å²) < 4.78 is 28.2. The van der Waals surface area contributed by atoms with Crippen LogP contribution in [0, 0.1) is 11.6 Å². The summed E-state index contributed by atoms with van der Waals surface area (Å²) in [5.41, 5.74) is 3.01. The predicted octanol–water partition coefficient (Wildman–Crippen LogP) is 4.36. The highest BCUT2D eigenvalue weighted by molar-refractivity contribution is 6.19. The van der Waals surface area contributed by atoms with Crippen molar-refractivity contribution in [1.29, 1.82) is 0 Å². The molecule has 7 heteroatoms. The van der Waals surface area contributed by atoms with Crippen molar-refractivity contribution in [2.24, 2.45) is 4.99 Å². The molecule has 1 aliphatic rings. The number of rotatable bonds is 8. The number of nitrogens with one attached hydrogen (secondary N) is 1. The zero-order valence-corrected chi connectivity index (χ0v) is 18.7. The lowest BCUT2D eigenvalue weighted by molar-refractivity contribution is 0.0916. The number of pyridine rings is 1. The van der Waals surface area contributed by atoms with Crippen LogP contribution in [0.25, 0.3) is 5.57 Å². The molecule has 2 atom stereocenters. The Morgan fingerprint density at radius 3 is 2.59 bits per heavy atom. The second kappa shape index (κ2) is 10.5. The maximum atomic E-state index is 14.9. The van der Waals surface area contributed by atoms with Gasteiger partial charge >= 0.3 is 0 Å². The van der Waals surface area contributed by atoms with Crippen LogP contribution in [0.3, 0.4) is 0 Å². The molecule has 2 heterocycles. The summed E-state index contributed by atoms with van der Waals surface area (Å²) >= 11 is 0. The van der Waals surface area contributed by atoms with E-state index in [-0.39, 0.29) is 16.9 Å². The molecule has 0 radical (unpaired) electrons. The van der Waals surface area contributed by atoms with Crippen molar-refractivity contribution in [3.05, 3.63) is 107 Å². The molecule has 1 amide bonds. The third kappa shape index (κ3) is 5.61. The van der Waals surface area contributed by atoms with Gasteiger partial charge in [0.15, 0.2) is 0 Å². The van der Waals surface area contributed by atoms with Gasteiger partial charge in [-0.2, -0.15) is 0 Å². The standard InChI is InChI=1S/C27H25F2N3O2/c1-17(33)13-22(15-21-5-2-3-12-30-21)32-27(34)23-6-4-7-24(29)26(23)25-14-19(16-31-25)18-8-10-20(28)11-9-18/h2-12,14,17,22,33H,13,15-16H2,1H3,(H,32,34)/t17-,22+/m1/s1. The van der Waals surface area contributed by atoms with Crippen molar-refractivity contribution >= 4 is 17.2 Å². The van der Waals surface area contributed by atoms with Crippen molar-refractivity contribution < 1.29 is 18.7 Å². The van der Waals surface area contributed by atoms with Gasteiger partial charge in [0.1, 0.15) is 11.6 Å². The number of benzene rings is 2. The number of aromatic nitrogens is 1. The Balaban J connectivity index is 1.59. The summed E-state index contributed by atoms with van der Waals surface area (Å²) in [4.78, 5) is 22.0. The summed E-state index contributed by atoms with van der Waals surface area (Å²) in [6.45, 7) is 1.96. The normalized spacial score (nSPS) is 14.8. The Hall–Kier alpha value is -3.71. The Morgan fingerprint density at radius 2 is 1.88 bits per heavy atom. The van der Waals surface area contributed by atoms with Crippen LogP contribution in [0.5, 0.6) is 0 Å². The smallest absolute Gasteiger partial charge is 0.252 e. The van der Waals surface area contributed by atoms with Crippen LogP contribution in [-0.4, -0.2) is 40.4 Å². The van der Waals surface area contributed by atoms with Crippen molar-refractivity contribution in [3.63, 3.8) is 0 Å². The minimum atomic E-state index is -0.638. The third-order valence-corrected chi connectivity index (χ3v) is 5.60. The van der Waals surface area contributed by atoms with Gasteiger partial charge in [0.05, 0.1) is 23.9 Å². The first-order chi connectivity index (χ1) is 16.4. The average molecular weight is 462 g/mol. The highest BCUT2D eigenvalue weighted by Crippen LogP contribution is 2.25. The minimum Gasteiger partial charge on any atom is -0.393 e. The number of hydrogen-bond acceptors (Lipinski definition) is 4. The van der Waals surface area contributed by atoms with Gasteiger partial charge in [0.25, 0.3) is 5.91 Å². The fraction of sp³-hybridized carbons (Fsp3) is 0.222. The molecule has 0 spiro atoms. The van der Waals surface area contributed by atoms with E-state index < -0.39 is 23.9 Å². The second-order valence-electron chi connectivity index (χ2n) is 8.32. The molecule has 0 saturated carbocycles. The Morgan fingerprint density at radius 1 is 1.09 bits per heavy atom. The van der Waals surface area contributed by atoms with Crippen LogP contribution >= 0.6 is 0 Å². The number of carbonyl (C=O) groups is 1. The van der Waals surface area contributed by atoms with E-state index in [4.69, 9.17) is 0 Å². The lowest BCUT2D eigenvalue weighted by atomic mass is 9.98. The number of amides is 1. The number of carbonyl (C=O) groups excluding carboxylic acids is 1. The Kier molecular flexibility index (Phi) is 7.23. The van der Waals surface area contributed by atoms with Gasteiger partial charge in [0, 0.05) is 29.9 Å². The fourth-order valence-corrected chi connectivity index (χ4v) is 4.03. The third-order valence-electron chi connectivity index (χ3n) is 5.60. The Labute approximate surface area is 196 Å². The van der Waals surface area contributed by atoms with Gasteiger partial charge in [-0.25, -0.2) is 8.78 Å². The molecule has 1 aliphatic heterocycles. The molecule has 0 saturated heterocycles. The first-order valence-corrected chi connectivity index (χ1v) is 11.1. The highest BCUT2D eigenvalue weighted by atomic mass is 19.1. The van der Waals surface area contributed by atoms with Crippen LogP contribution in [0.2, 0.25) is 0 Å². The molecule has 2 N–H and O–H groups in total. The van der Waals surface area contributed by atoms with E-state index in [1.807, 2.05) is 12.1 Å². The average Bonchev–Trinajstić information content (AvgIpc) is 3.29. The SMILES string of the molecule is C[C@@H](O)C[C@@H](Cc1ccccn1)NC(=O)c1cccc(F)c1C1=NCC(c2ccc(F)cc2)=C1. The topological polar surface area (TPSA) is 74.6 Å². The van der Waals surface area contributed by atoms with E-state index in [1.54, 1.807) is 43.5 Å². The molecule has 5 nitrogen and oxygen atoms in total. The van der Waals surface area contributed by atoms with Gasteiger partial charge in [-0.3, -0.25) is 14.8 Å². The fourth-order valence-electron chi connectivity index (χ4n) is 4.03. The van der Waals surface area contributed by atoms with E-state index in [1.165, 1.54) is 24.3 Å². The number of allylic oxidation sites excluding steroid dienone is 1. The maximum absolute atomic E-state index is 14.9. The predicted molar refractivity (Wildman–Crippen MR) is 128 cm³/mol. The Bertz CT molecular complexity index is 1220. The monoisotopic (exact) mass is 461 g/mol. The highest BCUT2D eigenvalue weighted by Gasteiger charge is 2.24. The van der Waals surface area contributed by atoms with Crippen molar-refractivity contribution in [1.82, 2.24) is 10.3 Å². The summed E-state index contributed by atoms with van der Waals surface area (Å²) in [6, 6.07) is 15.5. The maximum Gasteiger partial charge on any atom is 0.252 e. The van der Waals surface area contributed by atoms with Crippen LogP contribution in [0.1, 0.15) is 40.5 Å². The van der Waals surface area contributed by atoms with Gasteiger partial charge in [-0.15, -0.1) is 0 Å². The second-order valence-corrected chi connectivity index (χ2v) is 8.32. The summed E-state index contributed by atoms with van der Waals surface area (Å²) in [7, 11) is 0. The summed E-state index contributed by atoms with van der Waals surface area (Å²) in [6.07, 6.45) is 3.51. The van der Waals surface area contributed by atoms with Gasteiger partial charge < -0.3 is 10.4 Å². The largest absolute Gasteiger partial charge is 0.393 e. The number of aliphatic imine (C=N–C) groups is 1. The van der Waals surface area contributed by atoms with Gasteiger partial charge in [-0.05, 0) is 67.0 Å². The van der Waals surface area contributed by atoms with Crippen LogP contribution < -0.4 is 5.32 Å². The minimum absolute atomic E-state index is 0.116. The zero-order valence-electron chi connectivity index (χ0n) is 18.7. The number of aliphatic hydroxyl groups excluding tert-OH is 1. The van der Waals surface area contributed by atoms with E-state index in [0.29, 0.717) is 25.1 Å². The molecule has 2 aromatic carbocycles. The molecule has 0 fully saturated rings. The number of hydrogen-bond donors (Lipinski definition) is 2. The first-order valence-electron chi connectivity index (χ1n) is 11.1. The molecule has 0 unspecified atom stereocenters. The summed E-state index contributed by atoms with van der Waals surface area (Å²) in [5.74, 6) is -1.35. The molecular formula is C27H25F2N3O2. The van der Waals surface area contributed by atoms with E-state index in [9.17, 15) is 18.7 Å². The van der Waals surface area contributed by atoms with Crippen molar-refractivity contribution in [2.75, 3.05) is 6.54 Å². The van der Waals surface area contributed by atoms with Crippen LogP contribution in [-0.2, 0) is 6.42 Å².